The zero-order chi connectivity index (χ0) is 5.70. The van der Waals surface area contributed by atoms with Crippen LogP contribution in [0.1, 0.15) is 6.42 Å². The molecule has 0 spiro atoms. The molecule has 0 rings (SSSR count). The van der Waals surface area contributed by atoms with Crippen molar-refractivity contribution in [3.05, 3.63) is 23.4 Å². The van der Waals surface area contributed by atoms with E-state index in [9.17, 15) is 0 Å². The summed E-state index contributed by atoms with van der Waals surface area (Å²) in [4.78, 5) is 1.47. The number of rotatable bonds is 2. The smallest absolute Gasteiger partial charge is 0.103 e. The zero-order valence-electron chi connectivity index (χ0n) is 3.89. The molecule has 1 N–H and O–H groups in total. The van der Waals surface area contributed by atoms with Crippen LogP contribution in [0.5, 0.6) is 0 Å². The maximum Gasteiger partial charge on any atom is 0.103 e. The van der Waals surface area contributed by atoms with E-state index >= 15 is 0 Å². The zero-order valence-corrected chi connectivity index (χ0v) is 5.48. The monoisotopic (exact) mass is 162 g/mol. The number of aliphatic hydroxyl groups excluding tert-OH is 1. The molecule has 0 aromatic heterocycles. The Kier molecular flexibility index (Phi) is 3.80. The summed E-state index contributed by atoms with van der Waals surface area (Å²) < 4.78 is 0. The second-order valence-electron chi connectivity index (χ2n) is 1.09. The van der Waals surface area contributed by atoms with Crippen LogP contribution in [0.3, 0.4) is 0 Å². The number of allylic oxidation sites excluding steroid dienone is 1. The van der Waals surface area contributed by atoms with Gasteiger partial charge < -0.3 is 5.11 Å². The second kappa shape index (κ2) is 3.93. The van der Waals surface area contributed by atoms with Crippen molar-refractivity contribution in [1.82, 2.24) is 0 Å². The lowest BCUT2D eigenvalue weighted by Gasteiger charge is -1.85. The number of hydrogen-bond donors (Lipinski definition) is 1. The highest BCUT2D eigenvalue weighted by molar-refractivity contribution is 9.11. The molecule has 0 aliphatic carbocycles. The molecular formula is C5H7BrO. The number of hydrogen-bond acceptors (Lipinski definition) is 1. The highest BCUT2D eigenvalue weighted by atomic mass is 79.9. The SMILES string of the molecule is C=CCC(O)=CBr. The highest BCUT2D eigenvalue weighted by Gasteiger charge is 1.80. The molecule has 0 unspecified atom stereocenters. The summed E-state index contributed by atoms with van der Waals surface area (Å²) in [7, 11) is 0. The quantitative estimate of drug-likeness (QED) is 0.489. The molecule has 0 aromatic carbocycles. The molecule has 0 aliphatic rings. The molecule has 0 saturated heterocycles. The van der Waals surface area contributed by atoms with Gasteiger partial charge >= 0.3 is 0 Å². The molecule has 0 aliphatic heterocycles. The van der Waals surface area contributed by atoms with Crippen LogP contribution < -0.4 is 0 Å². The van der Waals surface area contributed by atoms with Gasteiger partial charge in [0, 0.05) is 11.4 Å². The van der Waals surface area contributed by atoms with E-state index in [1.54, 1.807) is 6.08 Å². The third-order valence-corrected chi connectivity index (χ3v) is 1.01. The van der Waals surface area contributed by atoms with Crippen molar-refractivity contribution in [3.8, 4) is 0 Å². The summed E-state index contributed by atoms with van der Waals surface area (Å²) in [5.74, 6) is 0.301. The number of halogens is 1. The number of aliphatic hydroxyl groups is 1. The Morgan fingerprint density at radius 2 is 2.43 bits per heavy atom. The van der Waals surface area contributed by atoms with Crippen LogP contribution in [0.15, 0.2) is 23.4 Å². The summed E-state index contributed by atoms with van der Waals surface area (Å²) in [6, 6.07) is 0. The summed E-state index contributed by atoms with van der Waals surface area (Å²) >= 11 is 2.96. The fourth-order valence-electron chi connectivity index (χ4n) is 0.192. The van der Waals surface area contributed by atoms with Crippen LogP contribution in [0.25, 0.3) is 0 Å². The van der Waals surface area contributed by atoms with E-state index in [-0.39, 0.29) is 0 Å². The van der Waals surface area contributed by atoms with Crippen molar-refractivity contribution < 1.29 is 5.11 Å². The summed E-state index contributed by atoms with van der Waals surface area (Å²) in [5.41, 5.74) is 0. The molecule has 0 bridgehead atoms. The molecule has 0 aromatic rings. The molecule has 0 fully saturated rings. The van der Waals surface area contributed by atoms with Crippen LogP contribution in [-0.2, 0) is 0 Å². The second-order valence-corrected chi connectivity index (χ2v) is 1.55. The standard InChI is InChI=1S/C5H7BrO/c1-2-3-5(7)4-6/h2,4,7H,1,3H2. The Hall–Kier alpha value is -0.240. The lowest BCUT2D eigenvalue weighted by atomic mass is 10.4. The Morgan fingerprint density at radius 1 is 1.86 bits per heavy atom. The first-order valence-electron chi connectivity index (χ1n) is 1.90. The van der Waals surface area contributed by atoms with Crippen LogP contribution in [0.2, 0.25) is 0 Å². The first kappa shape index (κ1) is 6.76. The third kappa shape index (κ3) is 3.59. The Bertz CT molecular complexity index is 86.1. The fourth-order valence-corrected chi connectivity index (χ4v) is 0.379. The van der Waals surface area contributed by atoms with Gasteiger partial charge in [-0.05, 0) is 0 Å². The van der Waals surface area contributed by atoms with Gasteiger partial charge in [-0.3, -0.25) is 0 Å². The Balaban J connectivity index is 3.36. The molecule has 40 valence electrons. The van der Waals surface area contributed by atoms with E-state index in [0.29, 0.717) is 12.2 Å². The van der Waals surface area contributed by atoms with Gasteiger partial charge in [-0.15, -0.1) is 6.58 Å². The largest absolute Gasteiger partial charge is 0.511 e. The predicted molar refractivity (Wildman–Crippen MR) is 34.5 cm³/mol. The molecule has 0 atom stereocenters. The van der Waals surface area contributed by atoms with E-state index in [2.05, 4.69) is 22.5 Å². The van der Waals surface area contributed by atoms with Gasteiger partial charge in [0.15, 0.2) is 0 Å². The van der Waals surface area contributed by atoms with E-state index in [1.807, 2.05) is 0 Å². The van der Waals surface area contributed by atoms with Gasteiger partial charge in [0.1, 0.15) is 5.76 Å². The molecule has 0 saturated carbocycles. The minimum atomic E-state index is 0.301. The van der Waals surface area contributed by atoms with Crippen LogP contribution in [0.4, 0.5) is 0 Å². The van der Waals surface area contributed by atoms with E-state index in [0.717, 1.165) is 0 Å². The molecule has 0 radical (unpaired) electrons. The van der Waals surface area contributed by atoms with Crippen molar-refractivity contribution in [2.45, 2.75) is 6.42 Å². The minimum absolute atomic E-state index is 0.301. The first-order valence-corrected chi connectivity index (χ1v) is 2.82. The normalized spacial score (nSPS) is 11.3. The summed E-state index contributed by atoms with van der Waals surface area (Å²) in [6.45, 7) is 3.43. The molecule has 7 heavy (non-hydrogen) atoms. The van der Waals surface area contributed by atoms with Crippen molar-refractivity contribution >= 4 is 15.9 Å². The Labute approximate surface area is 51.5 Å². The van der Waals surface area contributed by atoms with E-state index in [1.165, 1.54) is 4.99 Å². The molecule has 0 heterocycles. The van der Waals surface area contributed by atoms with Gasteiger partial charge in [0.05, 0.1) is 0 Å². The molecule has 0 amide bonds. The molecule has 1 nitrogen and oxygen atoms in total. The Morgan fingerprint density at radius 3 is 2.57 bits per heavy atom. The molecule has 2 heteroatoms. The van der Waals surface area contributed by atoms with E-state index < -0.39 is 0 Å². The predicted octanol–water partition coefficient (Wildman–Crippen LogP) is 2.36. The van der Waals surface area contributed by atoms with Gasteiger partial charge in [-0.2, -0.15) is 0 Å². The molecular weight excluding hydrogens is 156 g/mol. The van der Waals surface area contributed by atoms with Crippen LogP contribution >= 0.6 is 15.9 Å². The average molecular weight is 163 g/mol. The highest BCUT2D eigenvalue weighted by Crippen LogP contribution is 1.98. The lowest BCUT2D eigenvalue weighted by molar-refractivity contribution is 0.403. The average Bonchev–Trinajstić information content (AvgIpc) is 1.68. The summed E-state index contributed by atoms with van der Waals surface area (Å²) in [5, 5.41) is 8.60. The van der Waals surface area contributed by atoms with Crippen LogP contribution in [-0.4, -0.2) is 5.11 Å². The minimum Gasteiger partial charge on any atom is -0.511 e. The van der Waals surface area contributed by atoms with Crippen molar-refractivity contribution in [1.29, 1.82) is 0 Å². The van der Waals surface area contributed by atoms with Gasteiger partial charge in [-0.25, -0.2) is 0 Å². The van der Waals surface area contributed by atoms with Crippen molar-refractivity contribution in [2.24, 2.45) is 0 Å². The van der Waals surface area contributed by atoms with Crippen molar-refractivity contribution in [3.63, 3.8) is 0 Å². The van der Waals surface area contributed by atoms with Gasteiger partial charge in [0.25, 0.3) is 0 Å². The maximum atomic E-state index is 8.60. The van der Waals surface area contributed by atoms with E-state index in [4.69, 9.17) is 5.11 Å². The topological polar surface area (TPSA) is 20.2 Å². The summed E-state index contributed by atoms with van der Waals surface area (Å²) in [6.07, 6.45) is 2.17. The third-order valence-electron chi connectivity index (χ3n) is 0.479. The van der Waals surface area contributed by atoms with Gasteiger partial charge in [0.2, 0.25) is 0 Å². The first-order chi connectivity index (χ1) is 3.31. The fraction of sp³-hybridized carbons (Fsp3) is 0.200. The van der Waals surface area contributed by atoms with Crippen LogP contribution in [0, 0.1) is 0 Å². The lowest BCUT2D eigenvalue weighted by Crippen LogP contribution is -1.71. The maximum absolute atomic E-state index is 8.60. The van der Waals surface area contributed by atoms with Gasteiger partial charge in [-0.1, -0.05) is 22.0 Å². The van der Waals surface area contributed by atoms with Crippen molar-refractivity contribution in [2.75, 3.05) is 0 Å².